The van der Waals surface area contributed by atoms with Crippen LogP contribution in [0.25, 0.3) is 0 Å². The zero-order valence-corrected chi connectivity index (χ0v) is 13.4. The average Bonchev–Trinajstić information content (AvgIpc) is 2.60. The summed E-state index contributed by atoms with van der Waals surface area (Å²) in [4.78, 5) is 23.7. The van der Waals surface area contributed by atoms with Crippen molar-refractivity contribution in [1.82, 2.24) is 5.32 Å². The number of amides is 1. The van der Waals surface area contributed by atoms with Crippen molar-refractivity contribution in [2.24, 2.45) is 0 Å². The maximum absolute atomic E-state index is 13.6. The van der Waals surface area contributed by atoms with Gasteiger partial charge < -0.3 is 14.8 Å². The number of carbonyl (C=O) groups excluding carboxylic acids is 2. The van der Waals surface area contributed by atoms with E-state index >= 15 is 0 Å². The molecule has 0 heterocycles. The van der Waals surface area contributed by atoms with Crippen molar-refractivity contribution in [1.29, 1.82) is 0 Å². The van der Waals surface area contributed by atoms with Gasteiger partial charge in [-0.05, 0) is 30.7 Å². The molecule has 0 fully saturated rings. The first-order valence-electron chi connectivity index (χ1n) is 7.36. The van der Waals surface area contributed by atoms with Crippen LogP contribution in [0.4, 0.5) is 4.39 Å². The van der Waals surface area contributed by atoms with Crippen molar-refractivity contribution in [2.75, 3.05) is 13.7 Å². The maximum Gasteiger partial charge on any atom is 0.338 e. The Morgan fingerprint density at radius 2 is 1.88 bits per heavy atom. The van der Waals surface area contributed by atoms with Crippen LogP contribution in [-0.2, 0) is 9.53 Å². The fourth-order valence-electron chi connectivity index (χ4n) is 2.12. The summed E-state index contributed by atoms with van der Waals surface area (Å²) >= 11 is 0. The van der Waals surface area contributed by atoms with Gasteiger partial charge in [-0.15, -0.1) is 0 Å². The zero-order valence-electron chi connectivity index (χ0n) is 13.4. The molecule has 2 aromatic rings. The fraction of sp³-hybridized carbons (Fsp3) is 0.222. The van der Waals surface area contributed by atoms with Crippen molar-refractivity contribution in [3.8, 4) is 5.75 Å². The topological polar surface area (TPSA) is 64.6 Å². The molecule has 0 aliphatic heterocycles. The van der Waals surface area contributed by atoms with Gasteiger partial charge in [-0.3, -0.25) is 4.79 Å². The van der Waals surface area contributed by atoms with Gasteiger partial charge in [0.1, 0.15) is 0 Å². The molecular formula is C18H18FNO4. The van der Waals surface area contributed by atoms with Crippen LogP contribution in [0.1, 0.15) is 28.9 Å². The predicted molar refractivity (Wildman–Crippen MR) is 86.2 cm³/mol. The second kappa shape index (κ2) is 8.10. The summed E-state index contributed by atoms with van der Waals surface area (Å²) in [5.74, 6) is -1.86. The normalized spacial score (nSPS) is 11.5. The number of nitrogens with one attached hydrogen (secondary N) is 1. The van der Waals surface area contributed by atoms with Crippen molar-refractivity contribution < 1.29 is 23.5 Å². The first-order valence-corrected chi connectivity index (χ1v) is 7.36. The van der Waals surface area contributed by atoms with E-state index in [1.807, 2.05) is 37.3 Å². The molecular weight excluding hydrogens is 313 g/mol. The molecule has 1 atom stereocenters. The van der Waals surface area contributed by atoms with Crippen molar-refractivity contribution in [3.05, 3.63) is 65.5 Å². The van der Waals surface area contributed by atoms with Gasteiger partial charge in [0.25, 0.3) is 5.91 Å². The minimum atomic E-state index is -0.779. The van der Waals surface area contributed by atoms with Crippen molar-refractivity contribution >= 4 is 11.9 Å². The summed E-state index contributed by atoms with van der Waals surface area (Å²) in [6.07, 6.45) is 0. The van der Waals surface area contributed by atoms with E-state index in [1.165, 1.54) is 19.2 Å². The van der Waals surface area contributed by atoms with Gasteiger partial charge in [0.15, 0.2) is 18.2 Å². The highest BCUT2D eigenvalue weighted by atomic mass is 19.1. The van der Waals surface area contributed by atoms with Gasteiger partial charge in [0.05, 0.1) is 18.7 Å². The minimum absolute atomic E-state index is 0.0113. The van der Waals surface area contributed by atoms with Crippen LogP contribution >= 0.6 is 0 Å². The molecule has 1 N–H and O–H groups in total. The highest BCUT2D eigenvalue weighted by Gasteiger charge is 2.14. The molecule has 1 unspecified atom stereocenters. The molecule has 0 aliphatic carbocycles. The number of benzene rings is 2. The summed E-state index contributed by atoms with van der Waals surface area (Å²) in [5.41, 5.74) is 0.951. The Morgan fingerprint density at radius 3 is 2.50 bits per heavy atom. The molecule has 5 nitrogen and oxygen atoms in total. The number of halogens is 1. The Morgan fingerprint density at radius 1 is 1.17 bits per heavy atom. The number of hydrogen-bond donors (Lipinski definition) is 1. The molecule has 0 spiro atoms. The average molecular weight is 331 g/mol. The molecule has 1 amide bonds. The number of carbonyl (C=O) groups is 2. The summed E-state index contributed by atoms with van der Waals surface area (Å²) in [5, 5.41) is 2.72. The lowest BCUT2D eigenvalue weighted by molar-refractivity contribution is -0.124. The lowest BCUT2D eigenvalue weighted by Gasteiger charge is -2.14. The SMILES string of the molecule is COc1ccc(C(=O)OCC(=O)NC(C)c2ccccc2)cc1F. The highest BCUT2D eigenvalue weighted by molar-refractivity contribution is 5.91. The Labute approximate surface area is 139 Å². The van der Waals surface area contributed by atoms with Gasteiger partial charge in [-0.2, -0.15) is 0 Å². The number of esters is 1. The van der Waals surface area contributed by atoms with Crippen LogP contribution in [0.5, 0.6) is 5.75 Å². The standard InChI is InChI=1S/C18H18FNO4/c1-12(13-6-4-3-5-7-13)20-17(21)11-24-18(22)14-8-9-16(23-2)15(19)10-14/h3-10,12H,11H2,1-2H3,(H,20,21). The van der Waals surface area contributed by atoms with E-state index in [0.29, 0.717) is 0 Å². The molecule has 126 valence electrons. The maximum atomic E-state index is 13.6. The number of hydrogen-bond acceptors (Lipinski definition) is 4. The summed E-state index contributed by atoms with van der Waals surface area (Å²) in [7, 11) is 1.33. The van der Waals surface area contributed by atoms with Crippen LogP contribution in [-0.4, -0.2) is 25.6 Å². The molecule has 6 heteroatoms. The monoisotopic (exact) mass is 331 g/mol. The quantitative estimate of drug-likeness (QED) is 0.827. The fourth-order valence-corrected chi connectivity index (χ4v) is 2.12. The molecule has 0 aliphatic rings. The third-order valence-corrected chi connectivity index (χ3v) is 3.40. The second-order valence-corrected chi connectivity index (χ2v) is 5.13. The second-order valence-electron chi connectivity index (χ2n) is 5.13. The molecule has 0 bridgehead atoms. The first kappa shape index (κ1) is 17.5. The van der Waals surface area contributed by atoms with Crippen LogP contribution in [0.2, 0.25) is 0 Å². The smallest absolute Gasteiger partial charge is 0.338 e. The van der Waals surface area contributed by atoms with Gasteiger partial charge >= 0.3 is 5.97 Å². The molecule has 0 aromatic heterocycles. The van der Waals surface area contributed by atoms with Crippen LogP contribution in [0.3, 0.4) is 0 Å². The van der Waals surface area contributed by atoms with E-state index in [9.17, 15) is 14.0 Å². The largest absolute Gasteiger partial charge is 0.494 e. The summed E-state index contributed by atoms with van der Waals surface area (Å²) < 4.78 is 23.2. The Bertz CT molecular complexity index is 718. The lowest BCUT2D eigenvalue weighted by Crippen LogP contribution is -2.31. The van der Waals surface area contributed by atoms with E-state index in [0.717, 1.165) is 11.6 Å². The molecule has 0 radical (unpaired) electrons. The highest BCUT2D eigenvalue weighted by Crippen LogP contribution is 2.18. The third-order valence-electron chi connectivity index (χ3n) is 3.40. The predicted octanol–water partition coefficient (Wildman–Crippen LogP) is 2.87. The number of methoxy groups -OCH3 is 1. The Balaban J connectivity index is 1.87. The van der Waals surface area contributed by atoms with E-state index in [2.05, 4.69) is 5.32 Å². The zero-order chi connectivity index (χ0) is 17.5. The third kappa shape index (κ3) is 4.55. The minimum Gasteiger partial charge on any atom is -0.494 e. The van der Waals surface area contributed by atoms with Gasteiger partial charge in [-0.1, -0.05) is 30.3 Å². The summed E-state index contributed by atoms with van der Waals surface area (Å²) in [6, 6.07) is 12.9. The number of rotatable bonds is 6. The molecule has 0 saturated heterocycles. The van der Waals surface area contributed by atoms with Gasteiger partial charge in [0, 0.05) is 0 Å². The summed E-state index contributed by atoms with van der Waals surface area (Å²) in [6.45, 7) is 1.39. The van der Waals surface area contributed by atoms with E-state index in [1.54, 1.807) is 0 Å². The Hall–Kier alpha value is -2.89. The van der Waals surface area contributed by atoms with Gasteiger partial charge in [-0.25, -0.2) is 9.18 Å². The molecule has 2 aromatic carbocycles. The van der Waals surface area contributed by atoms with Crippen molar-refractivity contribution in [2.45, 2.75) is 13.0 Å². The number of ether oxygens (including phenoxy) is 2. The van der Waals surface area contributed by atoms with E-state index in [-0.39, 0.29) is 17.4 Å². The molecule has 24 heavy (non-hydrogen) atoms. The molecule has 0 saturated carbocycles. The Kier molecular flexibility index (Phi) is 5.89. The van der Waals surface area contributed by atoms with E-state index < -0.39 is 24.3 Å². The lowest BCUT2D eigenvalue weighted by atomic mass is 10.1. The van der Waals surface area contributed by atoms with Crippen LogP contribution in [0, 0.1) is 5.82 Å². The van der Waals surface area contributed by atoms with Crippen LogP contribution in [0.15, 0.2) is 48.5 Å². The first-order chi connectivity index (χ1) is 11.5. The molecule has 2 rings (SSSR count). The van der Waals surface area contributed by atoms with Gasteiger partial charge in [0.2, 0.25) is 0 Å². The van der Waals surface area contributed by atoms with E-state index in [4.69, 9.17) is 9.47 Å². The van der Waals surface area contributed by atoms with Crippen molar-refractivity contribution in [3.63, 3.8) is 0 Å². The van der Waals surface area contributed by atoms with Crippen LogP contribution < -0.4 is 10.1 Å².